The topological polar surface area (TPSA) is 90.4 Å². The fourth-order valence-corrected chi connectivity index (χ4v) is 2.82. The molecular weight excluding hydrogens is 282 g/mol. The molecule has 2 atom stereocenters. The summed E-state index contributed by atoms with van der Waals surface area (Å²) in [6, 6.07) is 5.53. The Kier molecular flexibility index (Phi) is 3.35. The Morgan fingerprint density at radius 1 is 1.32 bits per heavy atom. The molecule has 0 unspecified atom stereocenters. The highest BCUT2D eigenvalue weighted by Gasteiger charge is 2.30. The third kappa shape index (κ3) is 2.60. The molecule has 1 amide bonds. The number of rotatable bonds is 4. The van der Waals surface area contributed by atoms with Crippen LogP contribution < -0.4 is 11.1 Å². The molecule has 1 saturated carbocycles. The van der Waals surface area contributed by atoms with Gasteiger partial charge in [0.25, 0.3) is 5.91 Å². The molecule has 0 radical (unpaired) electrons. The second-order valence-electron chi connectivity index (χ2n) is 6.06. The van der Waals surface area contributed by atoms with Crippen LogP contribution in [0.3, 0.4) is 0 Å². The molecule has 6 nitrogen and oxygen atoms in total. The number of fused-ring (bicyclic) bond motifs is 1. The average molecular weight is 301 g/mol. The van der Waals surface area contributed by atoms with Gasteiger partial charge in [0.15, 0.2) is 11.5 Å². The van der Waals surface area contributed by atoms with E-state index in [2.05, 4.69) is 10.3 Å². The number of oxazole rings is 1. The smallest absolute Gasteiger partial charge is 0.253 e. The van der Waals surface area contributed by atoms with E-state index >= 15 is 0 Å². The quantitative estimate of drug-likeness (QED) is 0.903. The average Bonchev–Trinajstić information content (AvgIpc) is 3.11. The highest BCUT2D eigenvalue weighted by Crippen LogP contribution is 2.40. The molecular formula is C16H19N3O3. The number of nitrogens with one attached hydrogen (secondary N) is 1. The Morgan fingerprint density at radius 2 is 2.18 bits per heavy atom. The minimum absolute atomic E-state index is 0.00475. The van der Waals surface area contributed by atoms with E-state index in [1.54, 1.807) is 0 Å². The standard InChI is InChI=1S/C16H19N3O3/c17-8-11-4-6-14(21-11)15(20)18-10-3-5-13-12(7-10)19-16(22-13)9-1-2-9/h3,5,7,9,11,14H,1-2,4,6,8,17H2,(H,18,20)/t11-,14+/m1/s1. The van der Waals surface area contributed by atoms with Gasteiger partial charge in [-0.15, -0.1) is 0 Å². The molecule has 6 heteroatoms. The van der Waals surface area contributed by atoms with Crippen molar-refractivity contribution >= 4 is 22.7 Å². The predicted octanol–water partition coefficient (Wildman–Crippen LogP) is 2.15. The Bertz CT molecular complexity index is 708. The summed E-state index contributed by atoms with van der Waals surface area (Å²) in [5.74, 6) is 1.16. The van der Waals surface area contributed by atoms with Gasteiger partial charge in [-0.1, -0.05) is 0 Å². The molecule has 2 fully saturated rings. The van der Waals surface area contributed by atoms with Crippen LogP contribution in [-0.4, -0.2) is 29.6 Å². The first-order valence-corrected chi connectivity index (χ1v) is 7.80. The molecule has 1 saturated heterocycles. The highest BCUT2D eigenvalue weighted by molar-refractivity contribution is 5.95. The molecule has 22 heavy (non-hydrogen) atoms. The number of hydrogen-bond acceptors (Lipinski definition) is 5. The molecule has 1 aromatic heterocycles. The molecule has 1 aliphatic heterocycles. The summed E-state index contributed by atoms with van der Waals surface area (Å²) < 4.78 is 11.3. The lowest BCUT2D eigenvalue weighted by Crippen LogP contribution is -2.29. The van der Waals surface area contributed by atoms with Crippen LogP contribution >= 0.6 is 0 Å². The van der Waals surface area contributed by atoms with Gasteiger partial charge in [0.2, 0.25) is 0 Å². The monoisotopic (exact) mass is 301 g/mol. The zero-order chi connectivity index (χ0) is 15.1. The number of carbonyl (C=O) groups is 1. The first-order valence-electron chi connectivity index (χ1n) is 7.80. The van der Waals surface area contributed by atoms with Gasteiger partial charge in [0.05, 0.1) is 6.10 Å². The first kappa shape index (κ1) is 13.7. The molecule has 2 heterocycles. The summed E-state index contributed by atoms with van der Waals surface area (Å²) in [7, 11) is 0. The van der Waals surface area contributed by atoms with Gasteiger partial charge >= 0.3 is 0 Å². The van der Waals surface area contributed by atoms with Gasteiger partial charge < -0.3 is 20.2 Å². The normalized spacial score (nSPS) is 24.8. The van der Waals surface area contributed by atoms with E-state index in [1.165, 1.54) is 0 Å². The number of ether oxygens (including phenoxy) is 1. The van der Waals surface area contributed by atoms with Crippen LogP contribution in [0.15, 0.2) is 22.6 Å². The van der Waals surface area contributed by atoms with Gasteiger partial charge in [-0.2, -0.15) is 0 Å². The van der Waals surface area contributed by atoms with E-state index in [-0.39, 0.29) is 12.0 Å². The van der Waals surface area contributed by atoms with Crippen molar-refractivity contribution < 1.29 is 13.9 Å². The summed E-state index contributed by atoms with van der Waals surface area (Å²) in [6.07, 6.45) is 3.43. The third-order valence-corrected chi connectivity index (χ3v) is 4.26. The van der Waals surface area contributed by atoms with Crippen LogP contribution in [0.25, 0.3) is 11.1 Å². The SMILES string of the molecule is NC[C@H]1CC[C@@H](C(=O)Nc2ccc3oc(C4CC4)nc3c2)O1. The summed E-state index contributed by atoms with van der Waals surface area (Å²) in [5.41, 5.74) is 7.83. The van der Waals surface area contributed by atoms with Gasteiger partial charge in [-0.05, 0) is 43.9 Å². The van der Waals surface area contributed by atoms with E-state index in [9.17, 15) is 4.79 Å². The van der Waals surface area contributed by atoms with Crippen molar-refractivity contribution in [3.05, 3.63) is 24.1 Å². The fraction of sp³-hybridized carbons (Fsp3) is 0.500. The second-order valence-corrected chi connectivity index (χ2v) is 6.06. The second kappa shape index (κ2) is 5.37. The first-order chi connectivity index (χ1) is 10.7. The third-order valence-electron chi connectivity index (χ3n) is 4.26. The molecule has 4 rings (SSSR count). The molecule has 2 aliphatic rings. The maximum atomic E-state index is 12.2. The van der Waals surface area contributed by atoms with Crippen LogP contribution in [0.5, 0.6) is 0 Å². The molecule has 116 valence electrons. The number of hydrogen-bond donors (Lipinski definition) is 2. The van der Waals surface area contributed by atoms with Crippen molar-refractivity contribution in [1.29, 1.82) is 0 Å². The zero-order valence-electron chi connectivity index (χ0n) is 12.2. The van der Waals surface area contributed by atoms with Crippen LogP contribution in [0.1, 0.15) is 37.5 Å². The Hall–Kier alpha value is -1.92. The maximum Gasteiger partial charge on any atom is 0.253 e. The molecule has 0 bridgehead atoms. The number of nitrogens with zero attached hydrogens (tertiary/aromatic N) is 1. The Labute approximate surface area is 128 Å². The largest absolute Gasteiger partial charge is 0.440 e. The zero-order valence-corrected chi connectivity index (χ0v) is 12.2. The van der Waals surface area contributed by atoms with E-state index in [1.807, 2.05) is 18.2 Å². The lowest BCUT2D eigenvalue weighted by molar-refractivity contribution is -0.126. The summed E-state index contributed by atoms with van der Waals surface area (Å²) in [5, 5.41) is 2.89. The van der Waals surface area contributed by atoms with Crippen molar-refractivity contribution in [2.45, 2.75) is 43.8 Å². The van der Waals surface area contributed by atoms with Crippen LogP contribution in [0.4, 0.5) is 5.69 Å². The number of amides is 1. The van der Waals surface area contributed by atoms with E-state index < -0.39 is 6.10 Å². The molecule has 3 N–H and O–H groups in total. The number of carbonyl (C=O) groups excluding carboxylic acids is 1. The summed E-state index contributed by atoms with van der Waals surface area (Å²) in [6.45, 7) is 0.457. The minimum atomic E-state index is -0.413. The van der Waals surface area contributed by atoms with Gasteiger partial charge in [0.1, 0.15) is 11.6 Å². The fourth-order valence-electron chi connectivity index (χ4n) is 2.82. The maximum absolute atomic E-state index is 12.2. The van der Waals surface area contributed by atoms with Crippen molar-refractivity contribution in [2.24, 2.45) is 5.73 Å². The number of nitrogens with two attached hydrogens (primary N) is 1. The van der Waals surface area contributed by atoms with Gasteiger partial charge in [-0.3, -0.25) is 4.79 Å². The summed E-state index contributed by atoms with van der Waals surface area (Å²) >= 11 is 0. The van der Waals surface area contributed by atoms with E-state index in [0.717, 1.165) is 36.3 Å². The van der Waals surface area contributed by atoms with E-state index in [4.69, 9.17) is 14.9 Å². The molecule has 1 aromatic carbocycles. The number of anilines is 1. The molecule has 1 aliphatic carbocycles. The van der Waals surface area contributed by atoms with Crippen molar-refractivity contribution in [3.63, 3.8) is 0 Å². The van der Waals surface area contributed by atoms with Gasteiger partial charge in [-0.25, -0.2) is 4.98 Å². The van der Waals surface area contributed by atoms with E-state index in [0.29, 0.717) is 24.6 Å². The lowest BCUT2D eigenvalue weighted by atomic mass is 10.2. The minimum Gasteiger partial charge on any atom is -0.440 e. The Morgan fingerprint density at radius 3 is 2.91 bits per heavy atom. The summed E-state index contributed by atoms with van der Waals surface area (Å²) in [4.78, 5) is 16.7. The predicted molar refractivity (Wildman–Crippen MR) is 81.6 cm³/mol. The van der Waals surface area contributed by atoms with Crippen LogP contribution in [0, 0.1) is 0 Å². The van der Waals surface area contributed by atoms with Crippen molar-refractivity contribution in [3.8, 4) is 0 Å². The molecule has 0 spiro atoms. The highest BCUT2D eigenvalue weighted by atomic mass is 16.5. The molecule has 2 aromatic rings. The lowest BCUT2D eigenvalue weighted by Gasteiger charge is -2.12. The van der Waals surface area contributed by atoms with Crippen LogP contribution in [-0.2, 0) is 9.53 Å². The van der Waals surface area contributed by atoms with Crippen molar-refractivity contribution in [1.82, 2.24) is 4.98 Å². The number of aromatic nitrogens is 1. The van der Waals surface area contributed by atoms with Crippen molar-refractivity contribution in [2.75, 3.05) is 11.9 Å². The Balaban J connectivity index is 1.48. The van der Waals surface area contributed by atoms with Crippen LogP contribution in [0.2, 0.25) is 0 Å². The van der Waals surface area contributed by atoms with Gasteiger partial charge in [0, 0.05) is 18.2 Å². The number of benzene rings is 1.